The molecule has 0 atom stereocenters. The average Bonchev–Trinajstić information content (AvgIpc) is 2.42. The van der Waals surface area contributed by atoms with E-state index < -0.39 is 11.8 Å². The molecule has 0 saturated carbocycles. The summed E-state index contributed by atoms with van der Waals surface area (Å²) in [6.45, 7) is 0. The first-order valence-corrected chi connectivity index (χ1v) is 6.00. The van der Waals surface area contributed by atoms with Gasteiger partial charge < -0.3 is 9.90 Å². The summed E-state index contributed by atoms with van der Waals surface area (Å²) in [6, 6.07) is 10.1. The van der Waals surface area contributed by atoms with Gasteiger partial charge in [0.25, 0.3) is 0 Å². The minimum absolute atomic E-state index is 0.0296. The number of benzene rings is 2. The first-order chi connectivity index (χ1) is 9.58. The van der Waals surface area contributed by atoms with Crippen LogP contribution in [0.5, 0.6) is 0 Å². The first-order valence-electron chi connectivity index (χ1n) is 5.62. The maximum atomic E-state index is 13.3. The van der Waals surface area contributed by atoms with Crippen molar-refractivity contribution >= 4 is 29.5 Å². The number of carbonyl (C=O) groups excluding carboxylic acids is 1. The first kappa shape index (κ1) is 14.0. The van der Waals surface area contributed by atoms with E-state index >= 15 is 0 Å². The zero-order chi connectivity index (χ0) is 14.5. The molecule has 0 aliphatic carbocycles. The highest BCUT2D eigenvalue weighted by atomic mass is 35.5. The van der Waals surface area contributed by atoms with Crippen LogP contribution in [0.4, 0.5) is 10.1 Å². The number of carboxylic acids is 1. The summed E-state index contributed by atoms with van der Waals surface area (Å²) in [4.78, 5) is 10.7. The molecule has 0 saturated heterocycles. The predicted octanol–water partition coefficient (Wildman–Crippen LogP) is 2.29. The fourth-order valence-electron chi connectivity index (χ4n) is 1.49. The molecule has 20 heavy (non-hydrogen) atoms. The van der Waals surface area contributed by atoms with Crippen molar-refractivity contribution in [1.29, 1.82) is 0 Å². The second kappa shape index (κ2) is 6.16. The van der Waals surface area contributed by atoms with Gasteiger partial charge in [-0.25, -0.2) is 4.39 Å². The van der Waals surface area contributed by atoms with E-state index in [0.29, 0.717) is 16.3 Å². The third-order valence-electron chi connectivity index (χ3n) is 2.50. The summed E-state index contributed by atoms with van der Waals surface area (Å²) < 4.78 is 13.3. The largest absolute Gasteiger partial charge is 0.545 e. The lowest BCUT2D eigenvalue weighted by Crippen LogP contribution is -2.22. The van der Waals surface area contributed by atoms with Gasteiger partial charge in [-0.3, -0.25) is 5.43 Å². The van der Waals surface area contributed by atoms with E-state index in [1.54, 1.807) is 18.2 Å². The van der Waals surface area contributed by atoms with Crippen LogP contribution >= 0.6 is 11.6 Å². The highest BCUT2D eigenvalue weighted by Crippen LogP contribution is 2.22. The normalized spacial score (nSPS) is 10.7. The Balaban J connectivity index is 2.17. The van der Waals surface area contributed by atoms with Crippen molar-refractivity contribution in [2.45, 2.75) is 0 Å². The van der Waals surface area contributed by atoms with Gasteiger partial charge in [-0.2, -0.15) is 5.10 Å². The maximum Gasteiger partial charge on any atom is 0.132 e. The van der Waals surface area contributed by atoms with Crippen LogP contribution in [0.3, 0.4) is 0 Å². The minimum atomic E-state index is -1.32. The molecule has 2 aromatic rings. The Kier molecular flexibility index (Phi) is 4.32. The van der Waals surface area contributed by atoms with Crippen LogP contribution < -0.4 is 10.5 Å². The second-order valence-corrected chi connectivity index (χ2v) is 4.28. The quantitative estimate of drug-likeness (QED) is 0.694. The number of halogens is 2. The fraction of sp³-hybridized carbons (Fsp3) is 0. The van der Waals surface area contributed by atoms with Crippen molar-refractivity contribution in [3.8, 4) is 0 Å². The van der Waals surface area contributed by atoms with Gasteiger partial charge in [-0.05, 0) is 23.8 Å². The molecule has 0 bridgehead atoms. The Morgan fingerprint density at radius 2 is 2.05 bits per heavy atom. The predicted molar refractivity (Wildman–Crippen MR) is 73.4 cm³/mol. The van der Waals surface area contributed by atoms with Crippen LogP contribution in [0.1, 0.15) is 15.9 Å². The number of anilines is 1. The number of hydrazone groups is 1. The zero-order valence-electron chi connectivity index (χ0n) is 10.1. The molecule has 1 N–H and O–H groups in total. The van der Waals surface area contributed by atoms with Gasteiger partial charge >= 0.3 is 0 Å². The number of carbonyl (C=O) groups is 1. The summed E-state index contributed by atoms with van der Waals surface area (Å²) in [5.74, 6) is -1.73. The Labute approximate surface area is 119 Å². The van der Waals surface area contributed by atoms with E-state index in [1.165, 1.54) is 30.5 Å². The Morgan fingerprint density at radius 3 is 2.75 bits per heavy atom. The molecule has 0 unspecified atom stereocenters. The minimum Gasteiger partial charge on any atom is -0.545 e. The summed E-state index contributed by atoms with van der Waals surface area (Å²) in [5, 5.41) is 14.8. The molecule has 0 aliphatic heterocycles. The molecule has 2 rings (SSSR count). The standard InChI is InChI=1S/C14H10ClFN2O2/c15-11-6-5-9(14(19)20)7-13(11)18-17-8-10-3-1-2-4-12(10)16/h1-8,18H,(H,19,20)/p-1/b17-8-. The second-order valence-electron chi connectivity index (χ2n) is 3.87. The van der Waals surface area contributed by atoms with Crippen molar-refractivity contribution in [3.63, 3.8) is 0 Å². The fourth-order valence-corrected chi connectivity index (χ4v) is 1.65. The third-order valence-corrected chi connectivity index (χ3v) is 2.83. The number of hydrogen-bond donors (Lipinski definition) is 1. The highest BCUT2D eigenvalue weighted by molar-refractivity contribution is 6.33. The van der Waals surface area contributed by atoms with Crippen molar-refractivity contribution in [2.24, 2.45) is 5.10 Å². The van der Waals surface area contributed by atoms with Crippen molar-refractivity contribution in [2.75, 3.05) is 5.43 Å². The Morgan fingerprint density at radius 1 is 1.30 bits per heavy atom. The number of nitrogens with one attached hydrogen (secondary N) is 1. The van der Waals surface area contributed by atoms with Crippen LogP contribution in [0.25, 0.3) is 0 Å². The lowest BCUT2D eigenvalue weighted by atomic mass is 10.2. The summed E-state index contributed by atoms with van der Waals surface area (Å²) in [6.07, 6.45) is 1.28. The highest BCUT2D eigenvalue weighted by Gasteiger charge is 2.02. The van der Waals surface area contributed by atoms with Gasteiger partial charge in [0.15, 0.2) is 0 Å². The molecule has 0 radical (unpaired) electrons. The molecular formula is C14H9ClFN2O2-. The van der Waals surface area contributed by atoms with Crippen LogP contribution in [0.15, 0.2) is 47.6 Å². The van der Waals surface area contributed by atoms with Gasteiger partial charge in [0.1, 0.15) is 5.82 Å². The van der Waals surface area contributed by atoms with Crippen LogP contribution in [-0.2, 0) is 0 Å². The Hall–Kier alpha value is -2.40. The van der Waals surface area contributed by atoms with E-state index in [1.807, 2.05) is 0 Å². The molecule has 0 aliphatic rings. The number of nitrogens with zero attached hydrogens (tertiary/aromatic N) is 1. The number of aromatic carboxylic acids is 1. The number of carboxylic acid groups (broad SMARTS) is 1. The van der Waals surface area contributed by atoms with Gasteiger partial charge in [-0.1, -0.05) is 35.9 Å². The SMILES string of the molecule is O=C([O-])c1ccc(Cl)c(N/N=C\c2ccccc2F)c1. The third kappa shape index (κ3) is 3.33. The summed E-state index contributed by atoms with van der Waals surface area (Å²) >= 11 is 5.89. The molecule has 4 nitrogen and oxygen atoms in total. The Bertz CT molecular complexity index is 674. The van der Waals surface area contributed by atoms with E-state index in [2.05, 4.69) is 10.5 Å². The topological polar surface area (TPSA) is 64.5 Å². The van der Waals surface area contributed by atoms with Gasteiger partial charge in [-0.15, -0.1) is 0 Å². The molecule has 0 amide bonds. The molecule has 102 valence electrons. The lowest BCUT2D eigenvalue weighted by molar-refractivity contribution is -0.255. The zero-order valence-corrected chi connectivity index (χ0v) is 10.9. The van der Waals surface area contributed by atoms with Crippen molar-refractivity contribution < 1.29 is 14.3 Å². The lowest BCUT2D eigenvalue weighted by Gasteiger charge is -2.07. The summed E-state index contributed by atoms with van der Waals surface area (Å²) in [5.41, 5.74) is 3.12. The van der Waals surface area contributed by atoms with Crippen LogP contribution in [0.2, 0.25) is 5.02 Å². The number of hydrogen-bond acceptors (Lipinski definition) is 4. The maximum absolute atomic E-state index is 13.3. The number of rotatable bonds is 4. The van der Waals surface area contributed by atoms with E-state index in [4.69, 9.17) is 11.6 Å². The van der Waals surface area contributed by atoms with Crippen molar-refractivity contribution in [3.05, 3.63) is 64.4 Å². The smallest absolute Gasteiger partial charge is 0.132 e. The molecule has 0 heterocycles. The van der Waals surface area contributed by atoms with Gasteiger partial charge in [0, 0.05) is 5.56 Å². The molecule has 6 heteroatoms. The molecule has 0 aromatic heterocycles. The van der Waals surface area contributed by atoms with E-state index in [0.717, 1.165) is 0 Å². The summed E-state index contributed by atoms with van der Waals surface area (Å²) in [7, 11) is 0. The van der Waals surface area contributed by atoms with E-state index in [-0.39, 0.29) is 5.56 Å². The molecular weight excluding hydrogens is 283 g/mol. The molecule has 2 aromatic carbocycles. The molecule has 0 fully saturated rings. The van der Waals surface area contributed by atoms with Crippen molar-refractivity contribution in [1.82, 2.24) is 0 Å². The van der Waals surface area contributed by atoms with Gasteiger partial charge in [0.2, 0.25) is 0 Å². The van der Waals surface area contributed by atoms with Gasteiger partial charge in [0.05, 0.1) is 22.9 Å². The van der Waals surface area contributed by atoms with E-state index in [9.17, 15) is 14.3 Å². The van der Waals surface area contributed by atoms with Crippen LogP contribution in [0, 0.1) is 5.82 Å². The monoisotopic (exact) mass is 291 g/mol. The molecule has 0 spiro atoms. The van der Waals surface area contributed by atoms with Crippen LogP contribution in [-0.4, -0.2) is 12.2 Å². The average molecular weight is 292 g/mol.